The van der Waals surface area contributed by atoms with Crippen molar-refractivity contribution >= 4 is 5.91 Å². The Morgan fingerprint density at radius 1 is 0.350 bits per heavy atom. The molecule has 0 bridgehead atoms. The maximum atomic E-state index is 13.4. The molecule has 2 aliphatic rings. The molecular weight excluding hydrogens is 1250 g/mol. The zero-order chi connectivity index (χ0) is 72.2. The number of ether oxygens (including phenoxy) is 4. The van der Waals surface area contributed by atoms with Crippen LogP contribution in [0.5, 0.6) is 0 Å². The average Bonchev–Trinajstić information content (AvgIpc) is 0.796. The first-order valence-corrected chi connectivity index (χ1v) is 43.9. The number of allylic oxidation sites excluding steroid dienone is 2. The zero-order valence-corrected chi connectivity index (χ0v) is 65.5. The van der Waals surface area contributed by atoms with E-state index in [1.54, 1.807) is 0 Å². The summed E-state index contributed by atoms with van der Waals surface area (Å²) in [7, 11) is 0. The minimum atomic E-state index is -1.78. The van der Waals surface area contributed by atoms with Crippen LogP contribution in [-0.4, -0.2) is 140 Å². The van der Waals surface area contributed by atoms with Gasteiger partial charge >= 0.3 is 0 Å². The highest BCUT2D eigenvalue weighted by atomic mass is 16.7. The van der Waals surface area contributed by atoms with Gasteiger partial charge in [0.1, 0.15) is 48.8 Å². The van der Waals surface area contributed by atoms with Gasteiger partial charge in [-0.15, -0.1) is 0 Å². The topological polar surface area (TPSA) is 228 Å². The number of aliphatic hydroxyl groups excluding tert-OH is 8. The van der Waals surface area contributed by atoms with Crippen molar-refractivity contribution < 1.29 is 64.6 Å². The maximum absolute atomic E-state index is 13.4. The minimum Gasteiger partial charge on any atom is -0.394 e. The van der Waals surface area contributed by atoms with Crippen molar-refractivity contribution in [2.24, 2.45) is 0 Å². The number of carbonyl (C=O) groups excluding carboxylic acids is 1. The second kappa shape index (κ2) is 70.7. The van der Waals surface area contributed by atoms with Crippen LogP contribution in [-0.2, 0) is 23.7 Å². The van der Waals surface area contributed by atoms with Crippen molar-refractivity contribution in [3.05, 3.63) is 12.2 Å². The number of hydrogen-bond acceptors (Lipinski definition) is 13. The molecule has 2 heterocycles. The third-order valence-electron chi connectivity index (χ3n) is 22.0. The predicted octanol–water partition coefficient (Wildman–Crippen LogP) is 20.8. The molecule has 9 N–H and O–H groups in total. The van der Waals surface area contributed by atoms with Crippen molar-refractivity contribution in [3.63, 3.8) is 0 Å². The first-order valence-electron chi connectivity index (χ1n) is 43.9. The molecule has 100 heavy (non-hydrogen) atoms. The highest BCUT2D eigenvalue weighted by molar-refractivity contribution is 5.76. The van der Waals surface area contributed by atoms with Crippen molar-refractivity contribution in [1.29, 1.82) is 0 Å². The summed E-state index contributed by atoms with van der Waals surface area (Å²) < 4.78 is 23.0. The summed E-state index contributed by atoms with van der Waals surface area (Å²) in [5.74, 6) is -0.195. The molecule has 0 radical (unpaired) electrons. The second-order valence-corrected chi connectivity index (χ2v) is 31.4. The predicted molar refractivity (Wildman–Crippen MR) is 416 cm³/mol. The lowest BCUT2D eigenvalue weighted by atomic mass is 9.97. The van der Waals surface area contributed by atoms with Crippen LogP contribution in [0.15, 0.2) is 12.2 Å². The van der Waals surface area contributed by atoms with Gasteiger partial charge in [0.15, 0.2) is 12.6 Å². The molecule has 0 aliphatic carbocycles. The van der Waals surface area contributed by atoms with Crippen LogP contribution in [0.2, 0.25) is 0 Å². The molecule has 594 valence electrons. The second-order valence-electron chi connectivity index (χ2n) is 31.4. The summed E-state index contributed by atoms with van der Waals surface area (Å²) in [5.41, 5.74) is 0. The van der Waals surface area contributed by atoms with E-state index in [9.17, 15) is 45.6 Å². The molecule has 2 fully saturated rings. The Morgan fingerprint density at radius 3 is 0.950 bits per heavy atom. The first kappa shape index (κ1) is 94.8. The fourth-order valence-corrected chi connectivity index (χ4v) is 15.1. The van der Waals surface area contributed by atoms with Gasteiger partial charge in [0.2, 0.25) is 5.91 Å². The van der Waals surface area contributed by atoms with Gasteiger partial charge in [-0.3, -0.25) is 4.79 Å². The Labute approximate surface area is 616 Å². The number of rotatable bonds is 76. The molecule has 2 aliphatic heterocycles. The largest absolute Gasteiger partial charge is 0.394 e. The molecule has 2 saturated heterocycles. The van der Waals surface area contributed by atoms with E-state index in [4.69, 9.17) is 18.9 Å². The summed E-state index contributed by atoms with van der Waals surface area (Å²) in [6.45, 7) is 2.95. The zero-order valence-electron chi connectivity index (χ0n) is 65.5. The number of carbonyl (C=O) groups is 1. The summed E-state index contributed by atoms with van der Waals surface area (Å²) in [6, 6.07) is -0.827. The van der Waals surface area contributed by atoms with Crippen molar-refractivity contribution in [1.82, 2.24) is 5.32 Å². The molecule has 0 aromatic carbocycles. The standard InChI is InChI=1S/C86H167NO13/c1-3-5-7-9-11-13-15-17-19-21-23-25-27-29-31-32-33-34-35-36-37-38-39-40-41-42-44-46-48-50-52-54-56-58-60-62-64-66-68-70-78(91)87-74(73-97-85-83(96)81(94)84(77(72-89)99-85)100-86-82(95)80(93)79(92)76(71-88)98-86)75(90)69-67-65-63-61-59-57-55-53-51-49-47-45-43-30-28-26-24-22-20-18-16-14-12-10-8-6-4-2/h21,23,74-77,79-86,88-90,92-96H,3-20,22,24-73H2,1-2H3,(H,87,91)/b23-21-. The Hall–Kier alpha value is -1.27. The minimum absolute atomic E-state index is 0.195. The number of aliphatic hydroxyl groups is 8. The van der Waals surface area contributed by atoms with Crippen LogP contribution in [0.3, 0.4) is 0 Å². The van der Waals surface area contributed by atoms with Gasteiger partial charge in [-0.2, -0.15) is 0 Å². The summed E-state index contributed by atoms with van der Waals surface area (Å²) in [6.07, 6.45) is 74.3. The molecular formula is C86H167NO13. The monoisotopic (exact) mass is 1420 g/mol. The van der Waals surface area contributed by atoms with Crippen LogP contribution in [0.4, 0.5) is 0 Å². The lowest BCUT2D eigenvalue weighted by Gasteiger charge is -2.46. The lowest BCUT2D eigenvalue weighted by molar-refractivity contribution is -0.359. The van der Waals surface area contributed by atoms with Crippen LogP contribution in [0, 0.1) is 0 Å². The Bertz CT molecular complexity index is 1730. The molecule has 14 heteroatoms. The van der Waals surface area contributed by atoms with E-state index in [0.717, 1.165) is 51.4 Å². The fourth-order valence-electron chi connectivity index (χ4n) is 15.1. The van der Waals surface area contributed by atoms with Gasteiger partial charge in [-0.1, -0.05) is 405 Å². The number of unbranched alkanes of at least 4 members (excludes halogenated alkanes) is 61. The molecule has 0 spiro atoms. The SMILES string of the molecule is CCCCCCCCCC/C=C\CCCCCCCCCCCCCCCCCCCCCCCCCCCCCC(=O)NC(COC1OC(CO)C(OC2OC(CO)C(O)C(O)C2O)C(O)C1O)C(O)CCCCCCCCCCCCCCCCCCCCCCCCCCCCC. The molecule has 12 atom stereocenters. The van der Waals surface area contributed by atoms with Gasteiger partial charge in [0.05, 0.1) is 32.0 Å². The van der Waals surface area contributed by atoms with E-state index in [2.05, 4.69) is 31.3 Å². The van der Waals surface area contributed by atoms with Crippen LogP contribution in [0.25, 0.3) is 0 Å². The summed E-state index contributed by atoms with van der Waals surface area (Å²) in [5, 5.41) is 88.0. The van der Waals surface area contributed by atoms with E-state index in [-0.39, 0.29) is 12.5 Å². The van der Waals surface area contributed by atoms with Gasteiger partial charge < -0.3 is 65.1 Å². The molecule has 12 unspecified atom stereocenters. The van der Waals surface area contributed by atoms with Gasteiger partial charge in [-0.25, -0.2) is 0 Å². The van der Waals surface area contributed by atoms with Gasteiger partial charge in [0.25, 0.3) is 0 Å². The van der Waals surface area contributed by atoms with E-state index in [0.29, 0.717) is 12.8 Å². The summed E-state index contributed by atoms with van der Waals surface area (Å²) in [4.78, 5) is 13.4. The van der Waals surface area contributed by atoms with Crippen molar-refractivity contribution in [3.8, 4) is 0 Å². The van der Waals surface area contributed by atoms with Crippen LogP contribution in [0.1, 0.15) is 438 Å². The maximum Gasteiger partial charge on any atom is 0.220 e. The number of hydrogen-bond donors (Lipinski definition) is 9. The highest BCUT2D eigenvalue weighted by Gasteiger charge is 2.51. The van der Waals surface area contributed by atoms with Crippen molar-refractivity contribution in [2.75, 3.05) is 19.8 Å². The third kappa shape index (κ3) is 52.7. The van der Waals surface area contributed by atoms with E-state index >= 15 is 0 Å². The van der Waals surface area contributed by atoms with Gasteiger partial charge in [0, 0.05) is 6.42 Å². The lowest BCUT2D eigenvalue weighted by Crippen LogP contribution is -2.65. The number of nitrogens with one attached hydrogen (secondary N) is 1. The molecule has 1 amide bonds. The first-order chi connectivity index (χ1) is 49.1. The quantitative estimate of drug-likeness (QED) is 0.0204. The van der Waals surface area contributed by atoms with Crippen molar-refractivity contribution in [2.45, 2.75) is 511 Å². The average molecular weight is 1420 g/mol. The van der Waals surface area contributed by atoms with Crippen LogP contribution >= 0.6 is 0 Å². The smallest absolute Gasteiger partial charge is 0.220 e. The summed E-state index contributed by atoms with van der Waals surface area (Å²) >= 11 is 0. The Kier molecular flexibility index (Phi) is 67.0. The van der Waals surface area contributed by atoms with Crippen LogP contribution < -0.4 is 5.32 Å². The third-order valence-corrected chi connectivity index (χ3v) is 22.0. The Morgan fingerprint density at radius 2 is 0.630 bits per heavy atom. The van der Waals surface area contributed by atoms with Gasteiger partial charge in [-0.05, 0) is 38.5 Å². The molecule has 2 rings (SSSR count). The molecule has 0 aromatic heterocycles. The normalized spacial score (nSPS) is 21.8. The Balaban J connectivity index is 1.55. The molecule has 0 aromatic rings. The molecule has 0 saturated carbocycles. The van der Waals surface area contributed by atoms with E-state index in [1.807, 2.05) is 0 Å². The van der Waals surface area contributed by atoms with E-state index in [1.165, 1.54) is 360 Å². The number of amides is 1. The van der Waals surface area contributed by atoms with E-state index < -0.39 is 86.8 Å². The molecule has 14 nitrogen and oxygen atoms in total. The fraction of sp³-hybridized carbons (Fsp3) is 0.965. The highest BCUT2D eigenvalue weighted by Crippen LogP contribution is 2.31.